The third-order valence-electron chi connectivity index (χ3n) is 3.75. The molecule has 0 saturated carbocycles. The van der Waals surface area contributed by atoms with Crippen molar-refractivity contribution < 1.29 is 28.7 Å². The molecule has 0 atom stereocenters. The van der Waals surface area contributed by atoms with E-state index < -0.39 is 23.4 Å². The molecule has 0 spiro atoms. The van der Waals surface area contributed by atoms with E-state index in [1.807, 2.05) is 0 Å². The minimum atomic E-state index is -0.867. The normalized spacial score (nSPS) is 12.6. The number of nitro benzene ring substituents is 1. The van der Waals surface area contributed by atoms with Gasteiger partial charge >= 0.3 is 5.97 Å². The van der Waals surface area contributed by atoms with Crippen LogP contribution in [0.1, 0.15) is 16.8 Å². The van der Waals surface area contributed by atoms with Gasteiger partial charge in [0.1, 0.15) is 0 Å². The molecule has 0 saturated heterocycles. The molecule has 0 radical (unpaired) electrons. The van der Waals surface area contributed by atoms with Crippen LogP contribution in [0.25, 0.3) is 0 Å². The molecule has 0 aliphatic carbocycles. The van der Waals surface area contributed by atoms with Gasteiger partial charge < -0.3 is 19.5 Å². The minimum absolute atomic E-state index is 0.0735. The van der Waals surface area contributed by atoms with Crippen LogP contribution in [0.5, 0.6) is 11.5 Å². The monoisotopic (exact) mass is 406 g/mol. The molecular weight excluding hydrogens is 392 g/mol. The lowest BCUT2D eigenvalue weighted by atomic mass is 10.2. The lowest BCUT2D eigenvalue weighted by Crippen LogP contribution is -2.21. The summed E-state index contributed by atoms with van der Waals surface area (Å²) in [4.78, 5) is 34.1. The summed E-state index contributed by atoms with van der Waals surface area (Å²) in [5.74, 6) is -0.325. The van der Waals surface area contributed by atoms with Crippen LogP contribution in [-0.4, -0.2) is 36.6 Å². The number of benzene rings is 2. The topological polar surface area (TPSA) is 117 Å². The number of nitro groups is 1. The number of hydrogen-bond donors (Lipinski definition) is 1. The van der Waals surface area contributed by atoms with E-state index in [1.165, 1.54) is 6.07 Å². The van der Waals surface area contributed by atoms with Crippen LogP contribution in [0.4, 0.5) is 11.4 Å². The highest BCUT2D eigenvalue weighted by Gasteiger charge is 2.18. The largest absolute Gasteiger partial charge is 0.490 e. The number of halogens is 1. The number of carbonyl (C=O) groups excluding carboxylic acids is 2. The summed E-state index contributed by atoms with van der Waals surface area (Å²) in [5, 5.41) is 13.1. The second kappa shape index (κ2) is 8.57. The van der Waals surface area contributed by atoms with E-state index in [1.54, 1.807) is 18.2 Å². The zero-order valence-corrected chi connectivity index (χ0v) is 15.2. The molecule has 1 amide bonds. The number of ether oxygens (including phenoxy) is 3. The van der Waals surface area contributed by atoms with Crippen molar-refractivity contribution in [3.63, 3.8) is 0 Å². The first-order valence-corrected chi connectivity index (χ1v) is 8.62. The first-order valence-electron chi connectivity index (χ1n) is 8.24. The van der Waals surface area contributed by atoms with Gasteiger partial charge in [-0.3, -0.25) is 14.9 Å². The maximum atomic E-state index is 12.0. The minimum Gasteiger partial charge on any atom is -0.490 e. The number of anilines is 1. The first-order chi connectivity index (χ1) is 13.4. The fourth-order valence-electron chi connectivity index (χ4n) is 2.43. The molecule has 10 heteroatoms. The van der Waals surface area contributed by atoms with Crippen molar-refractivity contribution in [2.24, 2.45) is 0 Å². The zero-order chi connectivity index (χ0) is 20.1. The molecule has 0 unspecified atom stereocenters. The van der Waals surface area contributed by atoms with Crippen LogP contribution in [0.3, 0.4) is 0 Å². The predicted octanol–water partition coefficient (Wildman–Crippen LogP) is 3.21. The van der Waals surface area contributed by atoms with Crippen LogP contribution >= 0.6 is 11.6 Å². The summed E-state index contributed by atoms with van der Waals surface area (Å²) in [7, 11) is 0. The third kappa shape index (κ3) is 4.68. The van der Waals surface area contributed by atoms with Gasteiger partial charge in [-0.1, -0.05) is 11.6 Å². The van der Waals surface area contributed by atoms with Gasteiger partial charge in [0.2, 0.25) is 0 Å². The molecule has 0 bridgehead atoms. The van der Waals surface area contributed by atoms with Gasteiger partial charge in [0.15, 0.2) is 18.1 Å². The van der Waals surface area contributed by atoms with E-state index in [0.717, 1.165) is 18.6 Å². The van der Waals surface area contributed by atoms with Gasteiger partial charge in [-0.15, -0.1) is 0 Å². The number of nitrogens with zero attached hydrogens (tertiary/aromatic N) is 1. The summed E-state index contributed by atoms with van der Waals surface area (Å²) >= 11 is 5.86. The summed E-state index contributed by atoms with van der Waals surface area (Å²) < 4.78 is 16.0. The lowest BCUT2D eigenvalue weighted by Gasteiger charge is -2.11. The van der Waals surface area contributed by atoms with Crippen molar-refractivity contribution in [3.05, 3.63) is 57.1 Å². The summed E-state index contributed by atoms with van der Waals surface area (Å²) in [6, 6.07) is 8.27. The Morgan fingerprint density at radius 1 is 1.14 bits per heavy atom. The Labute approximate surface area is 164 Å². The molecular formula is C18H15ClN2O7. The van der Waals surface area contributed by atoms with Gasteiger partial charge in [-0.2, -0.15) is 0 Å². The maximum absolute atomic E-state index is 12.0. The van der Waals surface area contributed by atoms with Crippen LogP contribution in [-0.2, 0) is 9.53 Å². The molecule has 1 N–H and O–H groups in total. The number of rotatable bonds is 5. The van der Waals surface area contributed by atoms with E-state index in [2.05, 4.69) is 5.32 Å². The number of carbonyl (C=O) groups is 2. The number of esters is 1. The van der Waals surface area contributed by atoms with Crippen molar-refractivity contribution in [1.82, 2.24) is 0 Å². The second-order valence-corrected chi connectivity index (χ2v) is 6.16. The molecule has 28 heavy (non-hydrogen) atoms. The molecule has 146 valence electrons. The second-order valence-electron chi connectivity index (χ2n) is 5.76. The Morgan fingerprint density at radius 2 is 1.89 bits per heavy atom. The van der Waals surface area contributed by atoms with E-state index in [-0.39, 0.29) is 16.3 Å². The highest BCUT2D eigenvalue weighted by atomic mass is 35.5. The first kappa shape index (κ1) is 19.4. The molecule has 0 aromatic heterocycles. The predicted molar refractivity (Wildman–Crippen MR) is 99.1 cm³/mol. The van der Waals surface area contributed by atoms with Crippen molar-refractivity contribution in [1.29, 1.82) is 0 Å². The van der Waals surface area contributed by atoms with E-state index in [0.29, 0.717) is 30.4 Å². The highest BCUT2D eigenvalue weighted by molar-refractivity contribution is 6.33. The smallest absolute Gasteiger partial charge is 0.340 e. The van der Waals surface area contributed by atoms with Gasteiger partial charge in [-0.25, -0.2) is 4.79 Å². The van der Waals surface area contributed by atoms with E-state index in [9.17, 15) is 19.7 Å². The number of fused-ring (bicyclic) bond motifs is 1. The van der Waals surface area contributed by atoms with Gasteiger partial charge in [0.25, 0.3) is 11.6 Å². The van der Waals surface area contributed by atoms with Crippen LogP contribution in [0, 0.1) is 10.1 Å². The number of non-ortho nitro benzene ring substituents is 1. The van der Waals surface area contributed by atoms with E-state index in [4.69, 9.17) is 25.8 Å². The molecule has 1 aliphatic heterocycles. The Balaban J connectivity index is 1.58. The van der Waals surface area contributed by atoms with Crippen molar-refractivity contribution in [2.75, 3.05) is 25.1 Å². The lowest BCUT2D eigenvalue weighted by molar-refractivity contribution is -0.384. The van der Waals surface area contributed by atoms with Crippen LogP contribution in [0.2, 0.25) is 5.02 Å². The maximum Gasteiger partial charge on any atom is 0.340 e. The molecule has 3 rings (SSSR count). The van der Waals surface area contributed by atoms with E-state index >= 15 is 0 Å². The van der Waals surface area contributed by atoms with Gasteiger partial charge in [-0.05, 0) is 18.2 Å². The molecule has 1 heterocycles. The fraction of sp³-hybridized carbons (Fsp3) is 0.222. The van der Waals surface area contributed by atoms with Crippen molar-refractivity contribution in [3.8, 4) is 11.5 Å². The average Bonchev–Trinajstić information content (AvgIpc) is 2.91. The van der Waals surface area contributed by atoms with Crippen molar-refractivity contribution >= 4 is 34.9 Å². The standard InChI is InChI=1S/C18H15ClN2O7/c19-14-9-12(21(24)25)3-4-13(14)18(23)28-10-17(22)20-11-2-5-15-16(8-11)27-7-1-6-26-15/h2-5,8-9H,1,6-7,10H2,(H,20,22). The van der Waals surface area contributed by atoms with Crippen LogP contribution < -0.4 is 14.8 Å². The average molecular weight is 407 g/mol. The number of hydrogen-bond acceptors (Lipinski definition) is 7. The molecule has 2 aromatic carbocycles. The Kier molecular flexibility index (Phi) is 5.95. The Bertz CT molecular complexity index is 932. The molecule has 2 aromatic rings. The van der Waals surface area contributed by atoms with Crippen LogP contribution in [0.15, 0.2) is 36.4 Å². The molecule has 1 aliphatic rings. The highest BCUT2D eigenvalue weighted by Crippen LogP contribution is 2.32. The summed E-state index contributed by atoms with van der Waals surface area (Å²) in [6.45, 7) is 0.512. The van der Waals surface area contributed by atoms with Gasteiger partial charge in [0.05, 0.1) is 28.7 Å². The number of nitrogens with one attached hydrogen (secondary N) is 1. The zero-order valence-electron chi connectivity index (χ0n) is 14.5. The summed E-state index contributed by atoms with van der Waals surface area (Å²) in [5.41, 5.74) is 0.128. The SMILES string of the molecule is O=C(COC(=O)c1ccc([N+](=O)[O-])cc1Cl)Nc1ccc2c(c1)OCCCO2. The third-order valence-corrected chi connectivity index (χ3v) is 4.06. The Morgan fingerprint density at radius 3 is 2.61 bits per heavy atom. The van der Waals surface area contributed by atoms with Gasteiger partial charge in [0, 0.05) is 30.3 Å². The Hall–Kier alpha value is -3.33. The fourth-order valence-corrected chi connectivity index (χ4v) is 2.68. The molecule has 0 fully saturated rings. The van der Waals surface area contributed by atoms with Crippen molar-refractivity contribution in [2.45, 2.75) is 6.42 Å². The summed E-state index contributed by atoms with van der Waals surface area (Å²) in [6.07, 6.45) is 0.761. The molecule has 9 nitrogen and oxygen atoms in total. The quantitative estimate of drug-likeness (QED) is 0.460. The number of amides is 1.